The summed E-state index contributed by atoms with van der Waals surface area (Å²) < 4.78 is 42.1. The molecule has 0 aliphatic rings. The van der Waals surface area contributed by atoms with Crippen molar-refractivity contribution in [2.75, 3.05) is 5.32 Å². The van der Waals surface area contributed by atoms with Crippen LogP contribution >= 0.6 is 11.3 Å². The number of nitrogens with zero attached hydrogens (tertiary/aromatic N) is 3. The number of benzene rings is 1. The highest BCUT2D eigenvalue weighted by Crippen LogP contribution is 2.23. The molecule has 152 valence electrons. The van der Waals surface area contributed by atoms with Crippen LogP contribution in [0.1, 0.15) is 28.8 Å². The van der Waals surface area contributed by atoms with Crippen LogP contribution in [0.15, 0.2) is 34.2 Å². The molecule has 8 nitrogen and oxygen atoms in total. The summed E-state index contributed by atoms with van der Waals surface area (Å²) in [7, 11) is 0. The largest absolute Gasteiger partial charge is 0.396 e. The Morgan fingerprint density at radius 1 is 1.24 bits per heavy atom. The fourth-order valence-corrected chi connectivity index (χ4v) is 3.03. The molecule has 0 bridgehead atoms. The van der Waals surface area contributed by atoms with Crippen molar-refractivity contribution >= 4 is 28.3 Å². The Morgan fingerprint density at radius 3 is 2.76 bits per heavy atom. The van der Waals surface area contributed by atoms with Crippen LogP contribution in [0.3, 0.4) is 0 Å². The highest BCUT2D eigenvalue weighted by Gasteiger charge is 2.30. The maximum Gasteiger partial charge on any atom is 0.396 e. The third-order valence-electron chi connectivity index (χ3n) is 3.47. The molecule has 3 aromatic rings. The van der Waals surface area contributed by atoms with Crippen molar-refractivity contribution in [3.8, 4) is 11.5 Å². The molecule has 1 aromatic carbocycles. The zero-order chi connectivity index (χ0) is 21.0. The number of hydrogen-bond acceptors (Lipinski definition) is 7. The van der Waals surface area contributed by atoms with Crippen LogP contribution in [-0.2, 0) is 17.8 Å². The number of amides is 2. The molecule has 0 saturated carbocycles. The lowest BCUT2D eigenvalue weighted by Crippen LogP contribution is -2.23. The van der Waals surface area contributed by atoms with E-state index in [-0.39, 0.29) is 24.0 Å². The lowest BCUT2D eigenvalue weighted by atomic mass is 10.1. The fraction of sp³-hybridized carbons (Fsp3) is 0.235. The van der Waals surface area contributed by atoms with E-state index in [4.69, 9.17) is 4.52 Å². The molecule has 0 spiro atoms. The average Bonchev–Trinajstić information content (AvgIpc) is 3.28. The molecule has 0 atom stereocenters. The molecule has 2 amide bonds. The van der Waals surface area contributed by atoms with Gasteiger partial charge in [0, 0.05) is 24.4 Å². The van der Waals surface area contributed by atoms with Crippen LogP contribution in [0, 0.1) is 0 Å². The van der Waals surface area contributed by atoms with Crippen molar-refractivity contribution in [1.29, 1.82) is 0 Å². The van der Waals surface area contributed by atoms with Gasteiger partial charge in [-0.1, -0.05) is 17.3 Å². The molecule has 2 N–H and O–H groups in total. The number of thiazole rings is 1. The van der Waals surface area contributed by atoms with E-state index in [1.165, 1.54) is 12.3 Å². The van der Waals surface area contributed by atoms with Crippen LogP contribution in [0.2, 0.25) is 0 Å². The minimum absolute atomic E-state index is 0.0446. The highest BCUT2D eigenvalue weighted by molar-refractivity contribution is 7.14. The lowest BCUT2D eigenvalue weighted by molar-refractivity contribution is -0.128. The zero-order valence-electron chi connectivity index (χ0n) is 14.9. The van der Waals surface area contributed by atoms with Crippen LogP contribution in [0.25, 0.3) is 11.5 Å². The van der Waals surface area contributed by atoms with Crippen molar-refractivity contribution in [2.45, 2.75) is 26.1 Å². The summed E-state index contributed by atoms with van der Waals surface area (Å²) >= 11 is 1.12. The first-order valence-electron chi connectivity index (χ1n) is 8.19. The summed E-state index contributed by atoms with van der Waals surface area (Å²) in [4.78, 5) is 30.9. The molecule has 0 aliphatic heterocycles. The summed E-state index contributed by atoms with van der Waals surface area (Å²) in [5, 5.41) is 10.3. The molecule has 0 fully saturated rings. The number of carbonyl (C=O) groups is 2. The van der Waals surface area contributed by atoms with Crippen molar-refractivity contribution in [3.63, 3.8) is 0 Å². The molecule has 0 saturated heterocycles. The Labute approximate surface area is 166 Å². The molecule has 12 heteroatoms. The second kappa shape index (κ2) is 8.39. The first-order valence-corrected chi connectivity index (χ1v) is 9.07. The van der Waals surface area contributed by atoms with Gasteiger partial charge in [-0.05, 0) is 17.7 Å². The Balaban J connectivity index is 1.63. The van der Waals surface area contributed by atoms with Crippen molar-refractivity contribution in [2.24, 2.45) is 0 Å². The fourth-order valence-electron chi connectivity index (χ4n) is 2.30. The number of alkyl halides is 3. The number of rotatable bonds is 6. The summed E-state index contributed by atoms with van der Waals surface area (Å²) in [5.74, 6) is -1.22. The van der Waals surface area contributed by atoms with Gasteiger partial charge >= 0.3 is 6.18 Å². The monoisotopic (exact) mass is 425 g/mol. The summed E-state index contributed by atoms with van der Waals surface area (Å²) in [5.41, 5.74) is 1.26. The van der Waals surface area contributed by atoms with Crippen LogP contribution in [0.4, 0.5) is 18.3 Å². The number of anilines is 1. The van der Waals surface area contributed by atoms with Gasteiger partial charge in [0.05, 0.1) is 0 Å². The van der Waals surface area contributed by atoms with Gasteiger partial charge in [-0.2, -0.15) is 18.2 Å². The quantitative estimate of drug-likeness (QED) is 0.628. The number of hydrogen-bond donors (Lipinski definition) is 2. The van der Waals surface area contributed by atoms with Crippen LogP contribution in [-0.4, -0.2) is 33.1 Å². The maximum atomic E-state index is 12.4. The van der Waals surface area contributed by atoms with Gasteiger partial charge in [0.15, 0.2) is 11.0 Å². The molecule has 0 aliphatic carbocycles. The van der Waals surface area contributed by atoms with E-state index in [0.29, 0.717) is 16.3 Å². The summed E-state index contributed by atoms with van der Waals surface area (Å²) in [6, 6.07) is 6.61. The van der Waals surface area contributed by atoms with E-state index < -0.39 is 24.3 Å². The van der Waals surface area contributed by atoms with Gasteiger partial charge in [0.25, 0.3) is 11.8 Å². The highest BCUT2D eigenvalue weighted by atomic mass is 32.1. The predicted molar refractivity (Wildman–Crippen MR) is 97.1 cm³/mol. The van der Waals surface area contributed by atoms with Crippen molar-refractivity contribution in [1.82, 2.24) is 20.4 Å². The second-order valence-electron chi connectivity index (χ2n) is 5.91. The van der Waals surface area contributed by atoms with E-state index in [9.17, 15) is 22.8 Å². The minimum atomic E-state index is -4.43. The zero-order valence-corrected chi connectivity index (χ0v) is 15.7. The SMILES string of the molecule is CC(=O)Nc1nc(C(=O)NCc2cccc(-c3nc(CC(F)(F)F)no3)c2)cs1. The number of carbonyl (C=O) groups excluding carboxylic acids is 2. The number of nitrogens with one attached hydrogen (secondary N) is 2. The van der Waals surface area contributed by atoms with Crippen LogP contribution < -0.4 is 10.6 Å². The average molecular weight is 425 g/mol. The Kier molecular flexibility index (Phi) is 5.92. The third-order valence-corrected chi connectivity index (χ3v) is 4.23. The van der Waals surface area contributed by atoms with E-state index in [0.717, 1.165) is 11.3 Å². The Morgan fingerprint density at radius 2 is 2.03 bits per heavy atom. The van der Waals surface area contributed by atoms with Gasteiger partial charge in [0.2, 0.25) is 5.91 Å². The normalized spacial score (nSPS) is 11.3. The molecule has 2 aromatic heterocycles. The first kappa shape index (κ1) is 20.5. The third kappa shape index (κ3) is 5.85. The smallest absolute Gasteiger partial charge is 0.347 e. The second-order valence-corrected chi connectivity index (χ2v) is 6.77. The molecule has 0 radical (unpaired) electrons. The minimum Gasteiger partial charge on any atom is -0.347 e. The van der Waals surface area contributed by atoms with Gasteiger partial charge in [-0.15, -0.1) is 11.3 Å². The van der Waals surface area contributed by atoms with E-state index in [1.807, 2.05) is 0 Å². The van der Waals surface area contributed by atoms with Crippen LogP contribution in [0.5, 0.6) is 0 Å². The number of aromatic nitrogens is 3. The molecule has 3 rings (SSSR count). The molecular formula is C17H14F3N5O3S. The first-order chi connectivity index (χ1) is 13.7. The summed E-state index contributed by atoms with van der Waals surface area (Å²) in [6.07, 6.45) is -5.71. The van der Waals surface area contributed by atoms with Gasteiger partial charge in [-0.3, -0.25) is 9.59 Å². The van der Waals surface area contributed by atoms with Crippen molar-refractivity contribution in [3.05, 3.63) is 46.7 Å². The standard InChI is InChI=1S/C17H14F3N5O3S/c1-9(26)22-16-23-12(8-29-16)14(27)21-7-10-3-2-4-11(5-10)15-24-13(25-28-15)6-17(18,19)20/h2-5,8H,6-7H2,1H3,(H,21,27)(H,22,23,26). The Hall–Kier alpha value is -3.28. The van der Waals surface area contributed by atoms with Gasteiger partial charge in [-0.25, -0.2) is 4.98 Å². The topological polar surface area (TPSA) is 110 Å². The molecule has 2 heterocycles. The number of halogens is 3. The van der Waals surface area contributed by atoms with Gasteiger partial charge in [0.1, 0.15) is 12.1 Å². The van der Waals surface area contributed by atoms with E-state index in [1.54, 1.807) is 24.3 Å². The maximum absolute atomic E-state index is 12.4. The van der Waals surface area contributed by atoms with E-state index in [2.05, 4.69) is 25.8 Å². The van der Waals surface area contributed by atoms with E-state index >= 15 is 0 Å². The molecule has 0 unspecified atom stereocenters. The van der Waals surface area contributed by atoms with Crippen molar-refractivity contribution < 1.29 is 27.3 Å². The van der Waals surface area contributed by atoms with Gasteiger partial charge < -0.3 is 15.2 Å². The summed E-state index contributed by atoms with van der Waals surface area (Å²) in [6.45, 7) is 1.48. The lowest BCUT2D eigenvalue weighted by Gasteiger charge is -2.05. The molecular weight excluding hydrogens is 411 g/mol. The Bertz CT molecular complexity index is 1030. The molecule has 29 heavy (non-hydrogen) atoms. The predicted octanol–water partition coefficient (Wildman–Crippen LogP) is 3.19.